The summed E-state index contributed by atoms with van der Waals surface area (Å²) in [6, 6.07) is 12.3. The van der Waals surface area contributed by atoms with Crippen LogP contribution in [0, 0.1) is 10.1 Å². The molecule has 0 amide bonds. The van der Waals surface area contributed by atoms with Crippen LogP contribution >= 0.6 is 15.9 Å². The lowest BCUT2D eigenvalue weighted by Gasteiger charge is -2.01. The number of hydrogen-bond donors (Lipinski definition) is 1. The molecule has 0 aromatic heterocycles. The van der Waals surface area contributed by atoms with E-state index >= 15 is 0 Å². The first-order valence-corrected chi connectivity index (χ1v) is 6.74. The third-order valence-corrected chi connectivity index (χ3v) is 3.34. The van der Waals surface area contributed by atoms with Crippen LogP contribution in [0.15, 0.2) is 53.0 Å². The molecule has 0 aliphatic rings. The molecule has 0 spiro atoms. The van der Waals surface area contributed by atoms with Crippen LogP contribution in [-0.4, -0.2) is 10.0 Å². The largest absolute Gasteiger partial charge is 0.502 e. The van der Waals surface area contributed by atoms with Gasteiger partial charge in [0.1, 0.15) is 0 Å². The molecule has 0 unspecified atom stereocenters. The van der Waals surface area contributed by atoms with Gasteiger partial charge in [-0.1, -0.05) is 52.3 Å². The van der Waals surface area contributed by atoms with Crippen LogP contribution in [0.3, 0.4) is 0 Å². The SMILES string of the molecule is O=[N+]([O-])c1cccc(CC=Cc2ccc(Br)cc2)c1O. The van der Waals surface area contributed by atoms with Crippen LogP contribution in [0.2, 0.25) is 0 Å². The molecule has 4 nitrogen and oxygen atoms in total. The van der Waals surface area contributed by atoms with Gasteiger partial charge in [-0.05, 0) is 24.1 Å². The minimum atomic E-state index is -0.586. The third-order valence-electron chi connectivity index (χ3n) is 2.81. The van der Waals surface area contributed by atoms with E-state index < -0.39 is 4.92 Å². The Hall–Kier alpha value is -2.14. The Bertz CT molecular complexity index is 651. The van der Waals surface area contributed by atoms with Crippen molar-refractivity contribution in [2.24, 2.45) is 0 Å². The lowest BCUT2D eigenvalue weighted by atomic mass is 10.1. The fourth-order valence-electron chi connectivity index (χ4n) is 1.79. The van der Waals surface area contributed by atoms with Crippen molar-refractivity contribution in [3.63, 3.8) is 0 Å². The molecule has 0 heterocycles. The van der Waals surface area contributed by atoms with Gasteiger partial charge >= 0.3 is 5.69 Å². The van der Waals surface area contributed by atoms with Crippen LogP contribution < -0.4 is 0 Å². The standard InChI is InChI=1S/C15H12BrNO3/c16-13-9-7-11(8-10-13)3-1-4-12-5-2-6-14(15(12)18)17(19)20/h1-3,5-10,18H,4H2. The first-order chi connectivity index (χ1) is 9.58. The highest BCUT2D eigenvalue weighted by Gasteiger charge is 2.14. The highest BCUT2D eigenvalue weighted by atomic mass is 79.9. The topological polar surface area (TPSA) is 63.4 Å². The normalized spacial score (nSPS) is 10.8. The second-order valence-electron chi connectivity index (χ2n) is 4.20. The van der Waals surface area contributed by atoms with Crippen molar-refractivity contribution in [1.29, 1.82) is 0 Å². The Morgan fingerprint density at radius 1 is 1.20 bits per heavy atom. The smallest absolute Gasteiger partial charge is 0.310 e. The maximum Gasteiger partial charge on any atom is 0.310 e. The predicted octanol–water partition coefficient (Wildman–Crippen LogP) is 4.32. The molecule has 0 bridgehead atoms. The summed E-state index contributed by atoms with van der Waals surface area (Å²) in [6.45, 7) is 0. The van der Waals surface area contributed by atoms with Gasteiger partial charge in [0.15, 0.2) is 5.75 Å². The van der Waals surface area contributed by atoms with Gasteiger partial charge in [-0.25, -0.2) is 0 Å². The first kappa shape index (κ1) is 14.3. The Kier molecular flexibility index (Phi) is 4.53. The van der Waals surface area contributed by atoms with Crippen LogP contribution in [0.25, 0.3) is 6.08 Å². The Balaban J connectivity index is 2.13. The molecule has 1 N–H and O–H groups in total. The summed E-state index contributed by atoms with van der Waals surface area (Å²) < 4.78 is 1.01. The monoisotopic (exact) mass is 333 g/mol. The lowest BCUT2D eigenvalue weighted by molar-refractivity contribution is -0.385. The fourth-order valence-corrected chi connectivity index (χ4v) is 2.05. The van der Waals surface area contributed by atoms with Gasteiger partial charge in [0.25, 0.3) is 0 Å². The first-order valence-electron chi connectivity index (χ1n) is 5.95. The van der Waals surface area contributed by atoms with Crippen LogP contribution in [0.4, 0.5) is 5.69 Å². The number of benzene rings is 2. The number of hydrogen-bond acceptors (Lipinski definition) is 3. The highest BCUT2D eigenvalue weighted by Crippen LogP contribution is 2.29. The molecule has 0 atom stereocenters. The summed E-state index contributed by atoms with van der Waals surface area (Å²) in [5, 5.41) is 20.5. The Morgan fingerprint density at radius 2 is 1.90 bits per heavy atom. The van der Waals surface area contributed by atoms with Crippen molar-refractivity contribution in [3.8, 4) is 5.75 Å². The van der Waals surface area contributed by atoms with Crippen LogP contribution in [0.5, 0.6) is 5.75 Å². The minimum Gasteiger partial charge on any atom is -0.502 e. The Labute approximate surface area is 124 Å². The fraction of sp³-hybridized carbons (Fsp3) is 0.0667. The van der Waals surface area contributed by atoms with E-state index in [0.717, 1.165) is 10.0 Å². The summed E-state index contributed by atoms with van der Waals surface area (Å²) in [5.74, 6) is -0.266. The van der Waals surface area contributed by atoms with Gasteiger partial charge in [-0.15, -0.1) is 0 Å². The van der Waals surface area contributed by atoms with Crippen molar-refractivity contribution >= 4 is 27.7 Å². The number of rotatable bonds is 4. The van der Waals surface area contributed by atoms with E-state index in [9.17, 15) is 15.2 Å². The van der Waals surface area contributed by atoms with Gasteiger partial charge in [0, 0.05) is 16.1 Å². The van der Waals surface area contributed by atoms with Crippen LogP contribution in [-0.2, 0) is 6.42 Å². The van der Waals surface area contributed by atoms with E-state index in [4.69, 9.17) is 0 Å². The number of nitrogens with zero attached hydrogens (tertiary/aromatic N) is 1. The van der Waals surface area contributed by atoms with E-state index in [1.807, 2.05) is 36.4 Å². The summed E-state index contributed by atoms with van der Waals surface area (Å²) in [5.41, 5.74) is 1.30. The number of allylic oxidation sites excluding steroid dienone is 1. The van der Waals surface area contributed by atoms with E-state index in [0.29, 0.717) is 12.0 Å². The number of para-hydroxylation sites is 1. The maximum atomic E-state index is 10.7. The zero-order valence-electron chi connectivity index (χ0n) is 10.5. The van der Waals surface area contributed by atoms with Crippen LogP contribution in [0.1, 0.15) is 11.1 Å². The molecule has 0 aliphatic carbocycles. The second-order valence-corrected chi connectivity index (χ2v) is 5.12. The summed E-state index contributed by atoms with van der Waals surface area (Å²) in [4.78, 5) is 10.1. The number of phenols is 1. The molecule has 0 fully saturated rings. The van der Waals surface area contributed by atoms with Crippen molar-refractivity contribution in [3.05, 3.63) is 74.3 Å². The summed E-state index contributed by atoms with van der Waals surface area (Å²) in [6.07, 6.45) is 4.20. The van der Waals surface area contributed by atoms with Crippen molar-refractivity contribution in [1.82, 2.24) is 0 Å². The van der Waals surface area contributed by atoms with Crippen molar-refractivity contribution < 1.29 is 10.0 Å². The molecule has 0 saturated heterocycles. The van der Waals surface area contributed by atoms with Gasteiger partial charge in [0.2, 0.25) is 0 Å². The molecular formula is C15H12BrNO3. The molecule has 2 aromatic rings. The average molecular weight is 334 g/mol. The quantitative estimate of drug-likeness (QED) is 0.669. The van der Waals surface area contributed by atoms with E-state index in [-0.39, 0.29) is 11.4 Å². The molecule has 0 aliphatic heterocycles. The number of nitro groups is 1. The highest BCUT2D eigenvalue weighted by molar-refractivity contribution is 9.10. The van der Waals surface area contributed by atoms with E-state index in [1.165, 1.54) is 6.07 Å². The van der Waals surface area contributed by atoms with Gasteiger partial charge in [-0.3, -0.25) is 10.1 Å². The van der Waals surface area contributed by atoms with Gasteiger partial charge in [-0.2, -0.15) is 0 Å². The molecular weight excluding hydrogens is 322 g/mol. The number of aromatic hydroxyl groups is 1. The molecule has 2 rings (SSSR count). The molecule has 0 saturated carbocycles. The second kappa shape index (κ2) is 6.34. The Morgan fingerprint density at radius 3 is 2.55 bits per heavy atom. The maximum absolute atomic E-state index is 10.7. The molecule has 102 valence electrons. The zero-order valence-corrected chi connectivity index (χ0v) is 12.1. The minimum absolute atomic E-state index is 0.264. The van der Waals surface area contributed by atoms with Gasteiger partial charge < -0.3 is 5.11 Å². The lowest BCUT2D eigenvalue weighted by Crippen LogP contribution is -1.91. The van der Waals surface area contributed by atoms with Crippen molar-refractivity contribution in [2.75, 3.05) is 0 Å². The number of phenolic OH excluding ortho intramolecular Hbond substituents is 1. The zero-order chi connectivity index (χ0) is 14.5. The molecule has 20 heavy (non-hydrogen) atoms. The van der Waals surface area contributed by atoms with Crippen molar-refractivity contribution in [2.45, 2.75) is 6.42 Å². The molecule has 5 heteroatoms. The summed E-state index contributed by atoms with van der Waals surface area (Å²) in [7, 11) is 0. The van der Waals surface area contributed by atoms with E-state index in [2.05, 4.69) is 15.9 Å². The summed E-state index contributed by atoms with van der Waals surface area (Å²) >= 11 is 3.36. The number of nitro benzene ring substituents is 1. The molecule has 2 aromatic carbocycles. The molecule has 0 radical (unpaired) electrons. The van der Waals surface area contributed by atoms with E-state index in [1.54, 1.807) is 12.1 Å². The average Bonchev–Trinajstić information content (AvgIpc) is 2.42. The predicted molar refractivity (Wildman–Crippen MR) is 81.6 cm³/mol. The number of halogens is 1. The van der Waals surface area contributed by atoms with Gasteiger partial charge in [0.05, 0.1) is 4.92 Å². The third kappa shape index (κ3) is 3.45.